The number of hydrogen-bond acceptors (Lipinski definition) is 7. The van der Waals surface area contributed by atoms with Crippen LogP contribution in [0, 0.1) is 5.92 Å². The Balaban J connectivity index is 1.14. The van der Waals surface area contributed by atoms with Crippen LogP contribution in [0.3, 0.4) is 0 Å². The Bertz CT molecular complexity index is 1390. The highest BCUT2D eigenvalue weighted by molar-refractivity contribution is 5.61. The molecule has 0 unspecified atom stereocenters. The molecule has 2 aliphatic carbocycles. The van der Waals surface area contributed by atoms with Crippen LogP contribution in [0.5, 0.6) is 11.5 Å². The molecule has 1 fully saturated rings. The number of piperidine rings is 1. The molecule has 4 aliphatic rings. The van der Waals surface area contributed by atoms with E-state index in [1.54, 1.807) is 10.9 Å². The van der Waals surface area contributed by atoms with Gasteiger partial charge in [0, 0.05) is 28.5 Å². The third-order valence-corrected chi connectivity index (χ3v) is 8.80. The zero-order valence-electron chi connectivity index (χ0n) is 21.8. The van der Waals surface area contributed by atoms with Crippen LogP contribution in [0.2, 0.25) is 0 Å². The van der Waals surface area contributed by atoms with E-state index in [0.29, 0.717) is 30.1 Å². The molecule has 192 valence electrons. The summed E-state index contributed by atoms with van der Waals surface area (Å²) < 4.78 is 13.1. The van der Waals surface area contributed by atoms with Gasteiger partial charge >= 0.3 is 0 Å². The second-order valence-corrected chi connectivity index (χ2v) is 12.0. The van der Waals surface area contributed by atoms with Crippen molar-refractivity contribution >= 4 is 0 Å². The number of aromatic hydroxyl groups is 1. The fraction of sp³-hybridized carbons (Fsp3) is 0.483. The van der Waals surface area contributed by atoms with Gasteiger partial charge in [0.2, 0.25) is 5.82 Å². The van der Waals surface area contributed by atoms with Crippen molar-refractivity contribution in [2.45, 2.75) is 69.4 Å². The lowest BCUT2D eigenvalue weighted by molar-refractivity contribution is -0.0754. The lowest BCUT2D eigenvalue weighted by atomic mass is 9.53. The third-order valence-electron chi connectivity index (χ3n) is 8.80. The average Bonchev–Trinajstić information content (AvgIpc) is 3.51. The predicted molar refractivity (Wildman–Crippen MR) is 138 cm³/mol. The van der Waals surface area contributed by atoms with E-state index in [-0.39, 0.29) is 28.9 Å². The summed E-state index contributed by atoms with van der Waals surface area (Å²) in [6.07, 6.45) is 6.21. The molecule has 3 aromatic rings. The summed E-state index contributed by atoms with van der Waals surface area (Å²) >= 11 is 0. The van der Waals surface area contributed by atoms with Crippen LogP contribution in [0.4, 0.5) is 0 Å². The van der Waals surface area contributed by atoms with Crippen molar-refractivity contribution in [3.63, 3.8) is 0 Å². The van der Waals surface area contributed by atoms with Crippen LogP contribution in [0.1, 0.15) is 43.9 Å². The molecule has 2 bridgehead atoms. The first-order valence-electron chi connectivity index (χ1n) is 13.2. The summed E-state index contributed by atoms with van der Waals surface area (Å²) in [7, 11) is 2.23. The average molecular weight is 500 g/mol. The van der Waals surface area contributed by atoms with Crippen molar-refractivity contribution in [1.29, 1.82) is 0 Å². The molecule has 2 aromatic carbocycles. The zero-order valence-corrected chi connectivity index (χ0v) is 21.8. The smallest absolute Gasteiger partial charge is 0.204 e. The highest BCUT2D eigenvalue weighted by Gasteiger charge is 2.64. The summed E-state index contributed by atoms with van der Waals surface area (Å²) in [4.78, 5) is 4.13. The van der Waals surface area contributed by atoms with E-state index in [4.69, 9.17) is 9.47 Å². The van der Waals surface area contributed by atoms with Crippen LogP contribution in [-0.2, 0) is 28.7 Å². The monoisotopic (exact) mass is 499 g/mol. The SMILES string of the molecule is CN1CC[C@]23c4c5ccc(O)c4O[C@H]2[C@@H](OCc2ccc(-c4nnn(C(C)(C)C)n4)cc2)C=C[C@H]3[C@H]1C5. The highest BCUT2D eigenvalue weighted by Crippen LogP contribution is 2.62. The number of hydrogen-bond donors (Lipinski definition) is 1. The molecular weight excluding hydrogens is 466 g/mol. The minimum atomic E-state index is -0.212. The summed E-state index contributed by atoms with van der Waals surface area (Å²) in [5, 5.41) is 23.6. The van der Waals surface area contributed by atoms with Gasteiger partial charge in [-0.25, -0.2) is 0 Å². The second-order valence-electron chi connectivity index (χ2n) is 12.0. The van der Waals surface area contributed by atoms with Crippen molar-refractivity contribution in [3.05, 3.63) is 65.2 Å². The van der Waals surface area contributed by atoms with Crippen molar-refractivity contribution < 1.29 is 14.6 Å². The maximum absolute atomic E-state index is 10.7. The van der Waals surface area contributed by atoms with Gasteiger partial charge in [-0.1, -0.05) is 42.5 Å². The van der Waals surface area contributed by atoms with E-state index in [2.05, 4.69) is 57.7 Å². The Labute approximate surface area is 216 Å². The number of nitrogens with zero attached hydrogens (tertiary/aromatic N) is 5. The number of phenols is 1. The van der Waals surface area contributed by atoms with Crippen LogP contribution < -0.4 is 4.74 Å². The van der Waals surface area contributed by atoms with E-state index >= 15 is 0 Å². The molecule has 1 N–H and O–H groups in total. The van der Waals surface area contributed by atoms with Gasteiger partial charge in [-0.3, -0.25) is 0 Å². The first kappa shape index (κ1) is 22.9. The van der Waals surface area contributed by atoms with Gasteiger partial charge in [-0.05, 0) is 69.6 Å². The van der Waals surface area contributed by atoms with E-state index in [0.717, 1.165) is 30.5 Å². The molecule has 0 saturated carbocycles. The maximum atomic E-state index is 10.7. The third kappa shape index (κ3) is 3.31. The minimum Gasteiger partial charge on any atom is -0.504 e. The molecule has 5 atom stereocenters. The molecule has 8 heteroatoms. The lowest BCUT2D eigenvalue weighted by Gasteiger charge is -2.56. The van der Waals surface area contributed by atoms with Gasteiger partial charge in [-0.15, -0.1) is 10.2 Å². The number of likely N-dealkylation sites (N-methyl/N-ethyl adjacent to an activating group) is 1. The predicted octanol–water partition coefficient (Wildman–Crippen LogP) is 3.83. The maximum Gasteiger partial charge on any atom is 0.204 e. The number of benzene rings is 2. The molecule has 0 radical (unpaired) electrons. The number of rotatable bonds is 4. The van der Waals surface area contributed by atoms with Gasteiger partial charge in [0.05, 0.1) is 12.1 Å². The molecule has 1 spiro atoms. The Hall–Kier alpha value is -3.23. The fourth-order valence-electron chi connectivity index (χ4n) is 6.92. The summed E-state index contributed by atoms with van der Waals surface area (Å²) in [6, 6.07) is 12.5. The number of ether oxygens (including phenoxy) is 2. The second kappa shape index (κ2) is 7.88. The lowest BCUT2D eigenvalue weighted by Crippen LogP contribution is -2.65. The molecule has 2 aliphatic heterocycles. The normalized spacial score (nSPS) is 29.7. The number of aromatic nitrogens is 4. The van der Waals surface area contributed by atoms with Crippen LogP contribution >= 0.6 is 0 Å². The standard InChI is InChI=1S/C29H33N5O3/c1-28(2,3)34-31-27(30-32-34)18-7-5-17(6-8-18)16-36-23-12-10-20-21-15-19-9-11-22(35)25-24(19)29(20,26(23)37-25)13-14-33(21)4/h5-12,20-21,23,26,35H,13-16H2,1-4H3/t20-,21+,23-,26-,29-/m0/s1. The van der Waals surface area contributed by atoms with Crippen molar-refractivity contribution in [3.8, 4) is 22.9 Å². The van der Waals surface area contributed by atoms with Gasteiger partial charge < -0.3 is 19.5 Å². The van der Waals surface area contributed by atoms with E-state index < -0.39 is 0 Å². The van der Waals surface area contributed by atoms with E-state index in [1.165, 1.54) is 11.1 Å². The van der Waals surface area contributed by atoms with Gasteiger partial charge in [0.25, 0.3) is 0 Å². The summed E-state index contributed by atoms with van der Waals surface area (Å²) in [5.41, 5.74) is 4.18. The molecule has 1 saturated heterocycles. The van der Waals surface area contributed by atoms with Crippen molar-refractivity contribution in [2.75, 3.05) is 13.6 Å². The minimum absolute atomic E-state index is 0.142. The first-order chi connectivity index (χ1) is 17.8. The molecule has 37 heavy (non-hydrogen) atoms. The Kier molecular flexibility index (Phi) is 4.89. The molecule has 1 aromatic heterocycles. The Morgan fingerprint density at radius 1 is 1.14 bits per heavy atom. The highest BCUT2D eigenvalue weighted by atomic mass is 16.5. The van der Waals surface area contributed by atoms with Gasteiger partial charge in [0.15, 0.2) is 11.5 Å². The molecular formula is C29H33N5O3. The van der Waals surface area contributed by atoms with Gasteiger partial charge in [0.1, 0.15) is 12.2 Å². The largest absolute Gasteiger partial charge is 0.504 e. The number of likely N-dealkylation sites (tertiary alicyclic amines) is 1. The first-order valence-corrected chi connectivity index (χ1v) is 13.2. The number of phenolic OH excluding ortho intramolecular Hbond substituents is 1. The van der Waals surface area contributed by atoms with E-state index in [9.17, 15) is 5.11 Å². The van der Waals surface area contributed by atoms with Gasteiger partial charge in [-0.2, -0.15) is 4.80 Å². The Morgan fingerprint density at radius 3 is 2.70 bits per heavy atom. The van der Waals surface area contributed by atoms with E-state index in [1.807, 2.05) is 32.9 Å². The Morgan fingerprint density at radius 2 is 1.95 bits per heavy atom. The molecule has 3 heterocycles. The summed E-state index contributed by atoms with van der Waals surface area (Å²) in [5.74, 6) is 1.89. The quantitative estimate of drug-likeness (QED) is 0.546. The van der Waals surface area contributed by atoms with Crippen molar-refractivity contribution in [2.24, 2.45) is 5.92 Å². The molecule has 0 amide bonds. The van der Waals surface area contributed by atoms with Crippen LogP contribution in [0.25, 0.3) is 11.4 Å². The van der Waals surface area contributed by atoms with Crippen molar-refractivity contribution in [1.82, 2.24) is 25.1 Å². The topological polar surface area (TPSA) is 85.5 Å². The van der Waals surface area contributed by atoms with Crippen LogP contribution in [-0.4, -0.2) is 62.1 Å². The molecule has 7 rings (SSSR count). The zero-order chi connectivity index (χ0) is 25.5. The summed E-state index contributed by atoms with van der Waals surface area (Å²) in [6.45, 7) is 7.64. The van der Waals surface area contributed by atoms with Crippen LogP contribution in [0.15, 0.2) is 48.6 Å². The molecule has 8 nitrogen and oxygen atoms in total. The fourth-order valence-corrected chi connectivity index (χ4v) is 6.92. The number of tetrazole rings is 1.